The maximum Gasteiger partial charge on any atom is 0.280 e. The van der Waals surface area contributed by atoms with Crippen molar-refractivity contribution < 1.29 is 4.74 Å². The van der Waals surface area contributed by atoms with E-state index in [4.69, 9.17) is 16.3 Å². The minimum atomic E-state index is -0.797. The molecule has 0 spiro atoms. The molecule has 8 nitrogen and oxygen atoms in total. The molecule has 1 aliphatic heterocycles. The van der Waals surface area contributed by atoms with Crippen LogP contribution in [0.1, 0.15) is 23.0 Å². The summed E-state index contributed by atoms with van der Waals surface area (Å²) < 4.78 is 7.87. The summed E-state index contributed by atoms with van der Waals surface area (Å²) in [4.78, 5) is 18.2. The number of benzene rings is 3. The predicted molar refractivity (Wildman–Crippen MR) is 144 cm³/mol. The lowest BCUT2D eigenvalue weighted by Gasteiger charge is -2.18. The van der Waals surface area contributed by atoms with Gasteiger partial charge in [-0.3, -0.25) is 9.89 Å². The first-order valence-corrected chi connectivity index (χ1v) is 13.0. The van der Waals surface area contributed by atoms with Crippen LogP contribution in [0.5, 0.6) is 5.88 Å². The number of fused-ring (bicyclic) bond motifs is 3. The van der Waals surface area contributed by atoms with Gasteiger partial charge >= 0.3 is 0 Å². The highest BCUT2D eigenvalue weighted by Gasteiger charge is 2.30. The molecule has 0 bridgehead atoms. The largest absolute Gasteiger partial charge is 0.447 e. The van der Waals surface area contributed by atoms with E-state index in [-0.39, 0.29) is 5.56 Å². The maximum atomic E-state index is 13.5. The van der Waals surface area contributed by atoms with E-state index >= 15 is 0 Å². The van der Waals surface area contributed by atoms with Crippen molar-refractivity contribution in [1.29, 1.82) is 0 Å². The Morgan fingerprint density at radius 3 is 2.59 bits per heavy atom. The third kappa shape index (κ3) is 4.47. The summed E-state index contributed by atoms with van der Waals surface area (Å²) in [5, 5.41) is 16.5. The smallest absolute Gasteiger partial charge is 0.280 e. The molecule has 3 heterocycles. The number of rotatable bonds is 5. The number of anilines is 1. The van der Waals surface area contributed by atoms with Crippen LogP contribution in [0.15, 0.2) is 88.8 Å². The molecule has 184 valence electrons. The molecule has 0 amide bonds. The van der Waals surface area contributed by atoms with Crippen molar-refractivity contribution in [2.45, 2.75) is 24.1 Å². The van der Waals surface area contributed by atoms with E-state index in [2.05, 4.69) is 25.6 Å². The number of halogens is 1. The van der Waals surface area contributed by atoms with Crippen molar-refractivity contribution in [3.05, 3.63) is 111 Å². The Bertz CT molecular complexity index is 1650. The number of hydrogen-bond acceptors (Lipinski definition) is 7. The zero-order valence-corrected chi connectivity index (χ0v) is 21.3. The van der Waals surface area contributed by atoms with Crippen LogP contribution >= 0.6 is 23.4 Å². The van der Waals surface area contributed by atoms with E-state index in [0.29, 0.717) is 38.8 Å². The van der Waals surface area contributed by atoms with Crippen LogP contribution in [-0.2, 0) is 5.75 Å². The number of H-pyrrole nitrogens is 1. The lowest BCUT2D eigenvalue weighted by atomic mass is 10.1. The average molecular weight is 529 g/mol. The summed E-state index contributed by atoms with van der Waals surface area (Å²) in [6, 6.07) is 24.7. The highest BCUT2D eigenvalue weighted by molar-refractivity contribution is 7.98. The molecule has 2 aromatic heterocycles. The molecule has 10 heteroatoms. The molecule has 1 aliphatic rings. The van der Waals surface area contributed by atoms with Crippen LogP contribution in [0.3, 0.4) is 0 Å². The molecule has 37 heavy (non-hydrogen) atoms. The molecule has 1 atom stereocenters. The zero-order valence-electron chi connectivity index (χ0n) is 19.7. The van der Waals surface area contributed by atoms with Crippen LogP contribution in [0.25, 0.3) is 16.9 Å². The average Bonchev–Trinajstić information content (AvgIpc) is 3.12. The zero-order chi connectivity index (χ0) is 25.4. The van der Waals surface area contributed by atoms with E-state index < -0.39 is 6.23 Å². The quantitative estimate of drug-likeness (QED) is 0.279. The van der Waals surface area contributed by atoms with Crippen molar-refractivity contribution in [1.82, 2.24) is 25.0 Å². The summed E-state index contributed by atoms with van der Waals surface area (Å²) in [7, 11) is 0. The first-order valence-electron chi connectivity index (χ1n) is 11.6. The molecule has 0 radical (unpaired) electrons. The minimum absolute atomic E-state index is 0.211. The van der Waals surface area contributed by atoms with Gasteiger partial charge in [0.25, 0.3) is 5.56 Å². The van der Waals surface area contributed by atoms with Gasteiger partial charge in [0.1, 0.15) is 5.56 Å². The third-order valence-electron chi connectivity index (χ3n) is 6.04. The molecule has 5 aromatic rings. The fraction of sp³-hybridized carbons (Fsp3) is 0.111. The number of aryl methyl sites for hydroxylation is 1. The van der Waals surface area contributed by atoms with Gasteiger partial charge < -0.3 is 10.1 Å². The molecule has 0 aliphatic carbocycles. The number of aromatic nitrogens is 5. The van der Waals surface area contributed by atoms with E-state index in [0.717, 1.165) is 22.5 Å². The number of ether oxygens (including phenoxy) is 1. The molecule has 2 N–H and O–H groups in total. The highest BCUT2D eigenvalue weighted by atomic mass is 35.5. The van der Waals surface area contributed by atoms with Gasteiger partial charge in [0.15, 0.2) is 5.69 Å². The van der Waals surface area contributed by atoms with Crippen LogP contribution in [0.2, 0.25) is 5.02 Å². The third-order valence-corrected chi connectivity index (χ3v) is 7.30. The maximum absolute atomic E-state index is 13.5. The summed E-state index contributed by atoms with van der Waals surface area (Å²) in [5.41, 5.74) is 4.70. The van der Waals surface area contributed by atoms with Crippen molar-refractivity contribution in [3.8, 4) is 22.8 Å². The van der Waals surface area contributed by atoms with Gasteiger partial charge in [-0.05, 0) is 36.8 Å². The first-order chi connectivity index (χ1) is 18.1. The SMILES string of the molecule is Cc1[nH]n(-c2ccccc2)c(=O)c1[C@@H]1Nc2ccccc2-c2nnc(SCc3ccccc3Cl)nc2O1. The number of thioether (sulfide) groups is 1. The molecule has 0 unspecified atom stereocenters. The number of aromatic amines is 1. The topological polar surface area (TPSA) is 97.7 Å². The van der Waals surface area contributed by atoms with Gasteiger partial charge in [0, 0.05) is 27.7 Å². The Kier molecular flexibility index (Phi) is 6.15. The number of nitrogens with zero attached hydrogens (tertiary/aromatic N) is 4. The van der Waals surface area contributed by atoms with Gasteiger partial charge in [-0.25, -0.2) is 4.68 Å². The Morgan fingerprint density at radius 2 is 1.76 bits per heavy atom. The fourth-order valence-corrected chi connectivity index (χ4v) is 5.29. The molecule has 3 aromatic carbocycles. The number of hydrogen-bond donors (Lipinski definition) is 2. The van der Waals surface area contributed by atoms with E-state index in [1.807, 2.05) is 85.8 Å². The minimum Gasteiger partial charge on any atom is -0.447 e. The Hall–Kier alpha value is -4.08. The normalized spacial score (nSPS) is 14.2. The second-order valence-electron chi connectivity index (χ2n) is 8.44. The van der Waals surface area contributed by atoms with E-state index in [9.17, 15) is 4.79 Å². The lowest BCUT2D eigenvalue weighted by Crippen LogP contribution is -2.26. The predicted octanol–water partition coefficient (Wildman–Crippen LogP) is 5.77. The Labute approximate surface area is 221 Å². The monoisotopic (exact) mass is 528 g/mol. The van der Waals surface area contributed by atoms with Crippen LogP contribution in [0, 0.1) is 6.92 Å². The summed E-state index contributed by atoms with van der Waals surface area (Å²) in [6.45, 7) is 1.85. The van der Waals surface area contributed by atoms with Crippen LogP contribution < -0.4 is 15.6 Å². The molecule has 0 fully saturated rings. The number of para-hydroxylation sites is 2. The van der Waals surface area contributed by atoms with Crippen molar-refractivity contribution in [3.63, 3.8) is 0 Å². The van der Waals surface area contributed by atoms with Crippen molar-refractivity contribution >= 4 is 29.1 Å². The standard InChI is InChI=1S/C27H21ClN6O2S/c1-16-22(26(35)34(33-16)18-10-3-2-4-11-18)24-29-21-14-8-6-12-19(21)23-25(36-24)30-27(32-31-23)37-15-17-9-5-7-13-20(17)28/h2-14,24,29,33H,15H2,1H3/t24-/m1/s1. The molecule has 0 saturated heterocycles. The van der Waals surface area contributed by atoms with Crippen molar-refractivity contribution in [2.75, 3.05) is 5.32 Å². The van der Waals surface area contributed by atoms with Crippen LogP contribution in [-0.4, -0.2) is 25.0 Å². The molecule has 6 rings (SSSR count). The fourth-order valence-electron chi connectivity index (χ4n) is 4.22. The second kappa shape index (κ2) is 9.76. The van der Waals surface area contributed by atoms with E-state index in [1.165, 1.54) is 16.4 Å². The van der Waals surface area contributed by atoms with E-state index in [1.54, 1.807) is 0 Å². The summed E-state index contributed by atoms with van der Waals surface area (Å²) >= 11 is 7.72. The van der Waals surface area contributed by atoms with Crippen LogP contribution in [0.4, 0.5) is 5.69 Å². The summed E-state index contributed by atoms with van der Waals surface area (Å²) in [5.74, 6) is 0.877. The lowest BCUT2D eigenvalue weighted by molar-refractivity contribution is 0.223. The first kappa shape index (κ1) is 23.3. The van der Waals surface area contributed by atoms with Crippen molar-refractivity contribution in [2.24, 2.45) is 0 Å². The van der Waals surface area contributed by atoms with Gasteiger partial charge in [0.05, 0.1) is 5.69 Å². The molecule has 0 saturated carbocycles. The number of nitrogens with one attached hydrogen (secondary N) is 2. The summed E-state index contributed by atoms with van der Waals surface area (Å²) in [6.07, 6.45) is -0.797. The Balaban J connectivity index is 1.39. The van der Waals surface area contributed by atoms with Gasteiger partial charge in [-0.2, -0.15) is 4.98 Å². The Morgan fingerprint density at radius 1 is 1.00 bits per heavy atom. The van der Waals surface area contributed by atoms with Gasteiger partial charge in [-0.1, -0.05) is 78.0 Å². The van der Waals surface area contributed by atoms with Gasteiger partial charge in [0.2, 0.25) is 17.3 Å². The van der Waals surface area contributed by atoms with Gasteiger partial charge in [-0.15, -0.1) is 10.2 Å². The second-order valence-corrected chi connectivity index (χ2v) is 9.79. The molecular weight excluding hydrogens is 508 g/mol. The highest BCUT2D eigenvalue weighted by Crippen LogP contribution is 2.39. The molecular formula is C27H21ClN6O2S.